The summed E-state index contributed by atoms with van der Waals surface area (Å²) in [5.74, 6) is -1.40. The maximum absolute atomic E-state index is 13.7. The standard InChI is InChI=1S/C28H38N2O6P2/c1-5-33-37(31,34-6-2)27(23-15-11-9-12-16-23)29-25-19-21-26(22-20-25)30-28(24-17-13-10-14-18-24)38(32,35-7-3)36-8-4/h9-22,27-30H,5-8H2,1-4H3. The van der Waals surface area contributed by atoms with E-state index in [1.165, 1.54) is 0 Å². The minimum Gasteiger partial charge on any atom is -0.368 e. The molecular formula is C28H38N2O6P2. The van der Waals surface area contributed by atoms with E-state index < -0.39 is 26.8 Å². The molecule has 0 aliphatic heterocycles. The highest BCUT2D eigenvalue weighted by Gasteiger charge is 2.38. The third-order valence-electron chi connectivity index (χ3n) is 5.59. The molecule has 0 saturated heterocycles. The Bertz CT molecular complexity index is 1080. The highest BCUT2D eigenvalue weighted by molar-refractivity contribution is 7.54. The highest BCUT2D eigenvalue weighted by atomic mass is 31.2. The molecule has 0 saturated carbocycles. The minimum absolute atomic E-state index is 0.256. The van der Waals surface area contributed by atoms with Crippen LogP contribution < -0.4 is 10.6 Å². The average Bonchev–Trinajstić information content (AvgIpc) is 2.92. The van der Waals surface area contributed by atoms with Gasteiger partial charge >= 0.3 is 15.2 Å². The summed E-state index contributed by atoms with van der Waals surface area (Å²) in [6, 6.07) is 26.3. The first-order valence-corrected chi connectivity index (χ1v) is 16.1. The second kappa shape index (κ2) is 14.6. The highest BCUT2D eigenvalue weighted by Crippen LogP contribution is 2.62. The van der Waals surface area contributed by atoms with E-state index in [-0.39, 0.29) is 26.4 Å². The predicted octanol–water partition coefficient (Wildman–Crippen LogP) is 8.44. The molecule has 3 rings (SSSR count). The molecule has 0 spiro atoms. The molecule has 0 aliphatic carbocycles. The van der Waals surface area contributed by atoms with E-state index in [4.69, 9.17) is 18.1 Å². The summed E-state index contributed by atoms with van der Waals surface area (Å²) in [7, 11) is -7.05. The summed E-state index contributed by atoms with van der Waals surface area (Å²) in [4.78, 5) is 0. The fourth-order valence-corrected chi connectivity index (χ4v) is 7.91. The Balaban J connectivity index is 1.90. The third kappa shape index (κ3) is 7.79. The monoisotopic (exact) mass is 560 g/mol. The SMILES string of the molecule is CCOP(=O)(OCC)C(Nc1ccc(NC(c2ccccc2)P(=O)(OCC)OCC)cc1)c1ccccc1. The first-order valence-electron chi connectivity index (χ1n) is 12.9. The van der Waals surface area contributed by atoms with Gasteiger partial charge in [-0.25, -0.2) is 0 Å². The second-order valence-corrected chi connectivity index (χ2v) is 12.5. The van der Waals surface area contributed by atoms with Crippen molar-refractivity contribution in [3.8, 4) is 0 Å². The molecule has 3 aromatic rings. The molecule has 206 valence electrons. The first kappa shape index (κ1) is 30.1. The summed E-state index contributed by atoms with van der Waals surface area (Å²) in [5, 5.41) is 6.69. The van der Waals surface area contributed by atoms with E-state index in [1.807, 2.05) is 84.9 Å². The zero-order chi connectivity index (χ0) is 27.4. The summed E-state index contributed by atoms with van der Waals surface area (Å²) in [6.07, 6.45) is 0. The van der Waals surface area contributed by atoms with Crippen LogP contribution in [-0.2, 0) is 27.2 Å². The normalized spacial score (nSPS) is 13.6. The molecule has 0 amide bonds. The van der Waals surface area contributed by atoms with Crippen molar-refractivity contribution in [1.29, 1.82) is 0 Å². The van der Waals surface area contributed by atoms with E-state index in [9.17, 15) is 9.13 Å². The molecule has 2 unspecified atom stereocenters. The van der Waals surface area contributed by atoms with Crippen LogP contribution in [0.5, 0.6) is 0 Å². The Morgan fingerprint density at radius 3 is 1.08 bits per heavy atom. The van der Waals surface area contributed by atoms with Gasteiger partial charge in [-0.2, -0.15) is 0 Å². The van der Waals surface area contributed by atoms with Crippen LogP contribution >= 0.6 is 15.2 Å². The summed E-state index contributed by atoms with van der Waals surface area (Å²) < 4.78 is 50.2. The van der Waals surface area contributed by atoms with Gasteiger partial charge in [-0.05, 0) is 63.1 Å². The van der Waals surface area contributed by atoms with E-state index in [2.05, 4.69) is 10.6 Å². The van der Waals surface area contributed by atoms with Gasteiger partial charge in [0.2, 0.25) is 0 Å². The van der Waals surface area contributed by atoms with E-state index in [0.29, 0.717) is 0 Å². The Morgan fingerprint density at radius 2 is 0.816 bits per heavy atom. The number of benzene rings is 3. The number of hydrogen-bond acceptors (Lipinski definition) is 8. The average molecular weight is 561 g/mol. The van der Waals surface area contributed by atoms with Gasteiger partial charge in [-0.3, -0.25) is 9.13 Å². The maximum Gasteiger partial charge on any atom is 0.357 e. The van der Waals surface area contributed by atoms with Crippen LogP contribution in [0.2, 0.25) is 0 Å². The Morgan fingerprint density at radius 1 is 0.526 bits per heavy atom. The minimum atomic E-state index is -3.53. The Labute approximate surface area is 226 Å². The molecular weight excluding hydrogens is 522 g/mol. The van der Waals surface area contributed by atoms with Crippen LogP contribution in [0.15, 0.2) is 84.9 Å². The largest absolute Gasteiger partial charge is 0.368 e. The van der Waals surface area contributed by atoms with Gasteiger partial charge in [0.05, 0.1) is 26.4 Å². The van der Waals surface area contributed by atoms with Crippen LogP contribution in [0, 0.1) is 0 Å². The lowest BCUT2D eigenvalue weighted by Gasteiger charge is -2.29. The van der Waals surface area contributed by atoms with Gasteiger partial charge in [-0.15, -0.1) is 0 Å². The van der Waals surface area contributed by atoms with Crippen molar-refractivity contribution in [2.45, 2.75) is 39.3 Å². The van der Waals surface area contributed by atoms with Crippen molar-refractivity contribution in [1.82, 2.24) is 0 Å². The first-order chi connectivity index (χ1) is 18.4. The molecule has 0 aliphatic rings. The molecule has 0 bridgehead atoms. The number of nitrogens with one attached hydrogen (secondary N) is 2. The van der Waals surface area contributed by atoms with Crippen molar-refractivity contribution in [2.75, 3.05) is 37.1 Å². The molecule has 10 heteroatoms. The van der Waals surface area contributed by atoms with Crippen molar-refractivity contribution < 1.29 is 27.2 Å². The zero-order valence-corrected chi connectivity index (χ0v) is 24.2. The van der Waals surface area contributed by atoms with Crippen LogP contribution in [0.25, 0.3) is 0 Å². The van der Waals surface area contributed by atoms with E-state index >= 15 is 0 Å². The number of anilines is 2. The zero-order valence-electron chi connectivity index (χ0n) is 22.4. The molecule has 2 atom stereocenters. The summed E-state index contributed by atoms with van der Waals surface area (Å²) in [5.41, 5.74) is 3.02. The molecule has 38 heavy (non-hydrogen) atoms. The lowest BCUT2D eigenvalue weighted by molar-refractivity contribution is 0.213. The molecule has 0 heterocycles. The molecule has 3 aromatic carbocycles. The molecule has 8 nitrogen and oxygen atoms in total. The van der Waals surface area contributed by atoms with Gasteiger partial charge in [-0.1, -0.05) is 60.7 Å². The molecule has 2 N–H and O–H groups in total. The van der Waals surface area contributed by atoms with Crippen LogP contribution in [0.4, 0.5) is 11.4 Å². The second-order valence-electron chi connectivity index (χ2n) is 8.24. The third-order valence-corrected chi connectivity index (χ3v) is 10.2. The van der Waals surface area contributed by atoms with Crippen molar-refractivity contribution in [3.63, 3.8) is 0 Å². The van der Waals surface area contributed by atoms with Gasteiger partial charge < -0.3 is 28.7 Å². The predicted molar refractivity (Wildman–Crippen MR) is 154 cm³/mol. The lowest BCUT2D eigenvalue weighted by atomic mass is 10.2. The fraction of sp³-hybridized carbons (Fsp3) is 0.357. The molecule has 0 aromatic heterocycles. The summed E-state index contributed by atoms with van der Waals surface area (Å²) in [6.45, 7) is 8.19. The van der Waals surface area contributed by atoms with Crippen molar-refractivity contribution in [3.05, 3.63) is 96.1 Å². The van der Waals surface area contributed by atoms with Crippen molar-refractivity contribution in [2.24, 2.45) is 0 Å². The van der Waals surface area contributed by atoms with E-state index in [1.54, 1.807) is 27.7 Å². The van der Waals surface area contributed by atoms with Gasteiger partial charge in [0.15, 0.2) is 11.6 Å². The smallest absolute Gasteiger partial charge is 0.357 e. The fourth-order valence-electron chi connectivity index (χ4n) is 4.03. The Hall–Kier alpha value is -2.44. The van der Waals surface area contributed by atoms with Crippen LogP contribution in [0.1, 0.15) is 50.4 Å². The topological polar surface area (TPSA) is 95.1 Å². The van der Waals surface area contributed by atoms with Crippen LogP contribution in [-0.4, -0.2) is 26.4 Å². The Kier molecular flexibility index (Phi) is 11.6. The van der Waals surface area contributed by atoms with Gasteiger partial charge in [0.25, 0.3) is 0 Å². The lowest BCUT2D eigenvalue weighted by Crippen LogP contribution is -2.16. The van der Waals surface area contributed by atoms with Gasteiger partial charge in [0, 0.05) is 11.4 Å². The quantitative estimate of drug-likeness (QED) is 0.169. The van der Waals surface area contributed by atoms with Crippen LogP contribution in [0.3, 0.4) is 0 Å². The van der Waals surface area contributed by atoms with E-state index in [0.717, 1.165) is 22.5 Å². The van der Waals surface area contributed by atoms with Crippen molar-refractivity contribution >= 4 is 26.6 Å². The molecule has 0 radical (unpaired) electrons. The number of hydrogen-bond donors (Lipinski definition) is 2. The van der Waals surface area contributed by atoms with Gasteiger partial charge in [0.1, 0.15) is 0 Å². The number of rotatable bonds is 16. The molecule has 0 fully saturated rings. The maximum atomic E-state index is 13.7. The summed E-state index contributed by atoms with van der Waals surface area (Å²) >= 11 is 0.